The number of hydrogen-bond donors (Lipinski definition) is 1. The van der Waals surface area contributed by atoms with Crippen LogP contribution in [0.4, 0.5) is 0 Å². The molecule has 2 N–H and O–H groups in total. The summed E-state index contributed by atoms with van der Waals surface area (Å²) in [5.74, 6) is 0.610. The van der Waals surface area contributed by atoms with Crippen molar-refractivity contribution in [1.82, 2.24) is 4.90 Å². The van der Waals surface area contributed by atoms with Crippen LogP contribution in [0.1, 0.15) is 30.5 Å². The van der Waals surface area contributed by atoms with Gasteiger partial charge in [0.15, 0.2) is 0 Å². The number of hydrogen-bond acceptors (Lipinski definition) is 2. The van der Waals surface area contributed by atoms with E-state index in [0.29, 0.717) is 12.0 Å². The maximum atomic E-state index is 5.85. The molecule has 0 fully saturated rings. The Balaban J connectivity index is 2.59. The van der Waals surface area contributed by atoms with Crippen molar-refractivity contribution in [2.24, 2.45) is 11.7 Å². The Kier molecular flexibility index (Phi) is 5.83. The molecule has 2 nitrogen and oxygen atoms in total. The van der Waals surface area contributed by atoms with Gasteiger partial charge in [0.1, 0.15) is 0 Å². The van der Waals surface area contributed by atoms with Crippen LogP contribution >= 0.6 is 0 Å². The van der Waals surface area contributed by atoms with Crippen molar-refractivity contribution in [1.29, 1.82) is 0 Å². The normalized spacial score (nSPS) is 13.3. The van der Waals surface area contributed by atoms with Gasteiger partial charge in [-0.25, -0.2) is 0 Å². The van der Waals surface area contributed by atoms with E-state index in [-0.39, 0.29) is 0 Å². The lowest BCUT2D eigenvalue weighted by Crippen LogP contribution is -2.42. The zero-order valence-corrected chi connectivity index (χ0v) is 12.5. The van der Waals surface area contributed by atoms with Crippen LogP contribution in [0.3, 0.4) is 0 Å². The second-order valence-electron chi connectivity index (χ2n) is 5.71. The maximum Gasteiger partial charge on any atom is 0.0238 e. The lowest BCUT2D eigenvalue weighted by atomic mass is 10.0. The van der Waals surface area contributed by atoms with Crippen LogP contribution in [0.2, 0.25) is 0 Å². The van der Waals surface area contributed by atoms with Gasteiger partial charge in [0.25, 0.3) is 0 Å². The molecule has 0 aliphatic heterocycles. The van der Waals surface area contributed by atoms with E-state index in [9.17, 15) is 0 Å². The molecule has 0 saturated carbocycles. The highest BCUT2D eigenvalue weighted by Crippen LogP contribution is 2.13. The SMILES string of the molecule is Cc1ccc(CCN(C)C(CN)C(C)C)c(C)c1. The van der Waals surface area contributed by atoms with Crippen molar-refractivity contribution in [2.75, 3.05) is 20.1 Å². The minimum absolute atomic E-state index is 0.482. The Hall–Kier alpha value is -0.860. The van der Waals surface area contributed by atoms with Crippen LogP contribution in [-0.2, 0) is 6.42 Å². The van der Waals surface area contributed by atoms with Gasteiger partial charge >= 0.3 is 0 Å². The highest BCUT2D eigenvalue weighted by Gasteiger charge is 2.16. The summed E-state index contributed by atoms with van der Waals surface area (Å²) in [6, 6.07) is 7.20. The molecule has 0 radical (unpaired) electrons. The molecular weight excluding hydrogens is 220 g/mol. The fourth-order valence-corrected chi connectivity index (χ4v) is 2.55. The average molecular weight is 248 g/mol. The van der Waals surface area contributed by atoms with Gasteiger partial charge in [-0.05, 0) is 44.4 Å². The van der Waals surface area contributed by atoms with E-state index in [1.54, 1.807) is 0 Å². The third-order valence-electron chi connectivity index (χ3n) is 3.81. The summed E-state index contributed by atoms with van der Waals surface area (Å²) in [7, 11) is 2.18. The Morgan fingerprint density at radius 3 is 2.39 bits per heavy atom. The maximum absolute atomic E-state index is 5.85. The van der Waals surface area contributed by atoms with E-state index < -0.39 is 0 Å². The number of benzene rings is 1. The Morgan fingerprint density at radius 2 is 1.89 bits per heavy atom. The van der Waals surface area contributed by atoms with Crippen LogP contribution in [-0.4, -0.2) is 31.1 Å². The Labute approximate surface area is 112 Å². The first kappa shape index (κ1) is 15.2. The third kappa shape index (κ3) is 4.11. The van der Waals surface area contributed by atoms with Gasteiger partial charge in [-0.1, -0.05) is 37.6 Å². The van der Waals surface area contributed by atoms with Crippen molar-refractivity contribution in [3.63, 3.8) is 0 Å². The molecule has 0 saturated heterocycles. The van der Waals surface area contributed by atoms with Crippen molar-refractivity contribution in [2.45, 2.75) is 40.2 Å². The lowest BCUT2D eigenvalue weighted by molar-refractivity contribution is 0.199. The minimum Gasteiger partial charge on any atom is -0.329 e. The van der Waals surface area contributed by atoms with Crippen molar-refractivity contribution < 1.29 is 0 Å². The van der Waals surface area contributed by atoms with Crippen LogP contribution in [0.5, 0.6) is 0 Å². The fourth-order valence-electron chi connectivity index (χ4n) is 2.55. The van der Waals surface area contributed by atoms with E-state index in [1.165, 1.54) is 16.7 Å². The first-order valence-electron chi connectivity index (χ1n) is 6.92. The van der Waals surface area contributed by atoms with Crippen LogP contribution in [0, 0.1) is 19.8 Å². The van der Waals surface area contributed by atoms with Gasteiger partial charge in [-0.3, -0.25) is 0 Å². The number of nitrogens with two attached hydrogens (primary N) is 1. The first-order valence-corrected chi connectivity index (χ1v) is 6.92. The van der Waals surface area contributed by atoms with Crippen molar-refractivity contribution in [3.05, 3.63) is 34.9 Å². The Bertz CT molecular complexity index is 371. The average Bonchev–Trinajstić information content (AvgIpc) is 2.28. The highest BCUT2D eigenvalue weighted by molar-refractivity contribution is 5.30. The molecule has 1 unspecified atom stereocenters. The highest BCUT2D eigenvalue weighted by atomic mass is 15.1. The molecule has 0 aromatic heterocycles. The molecule has 1 aromatic carbocycles. The summed E-state index contributed by atoms with van der Waals surface area (Å²) >= 11 is 0. The topological polar surface area (TPSA) is 29.3 Å². The van der Waals surface area contributed by atoms with Crippen LogP contribution in [0.25, 0.3) is 0 Å². The van der Waals surface area contributed by atoms with E-state index >= 15 is 0 Å². The molecule has 1 rings (SSSR count). The van der Waals surface area contributed by atoms with E-state index in [0.717, 1.165) is 19.5 Å². The number of nitrogens with zero attached hydrogens (tertiary/aromatic N) is 1. The number of rotatable bonds is 6. The van der Waals surface area contributed by atoms with Crippen LogP contribution < -0.4 is 5.73 Å². The monoisotopic (exact) mass is 248 g/mol. The quantitative estimate of drug-likeness (QED) is 0.839. The molecule has 0 aliphatic carbocycles. The molecule has 1 atom stereocenters. The minimum atomic E-state index is 0.482. The van der Waals surface area contributed by atoms with Gasteiger partial charge in [-0.2, -0.15) is 0 Å². The standard InChI is InChI=1S/C16H28N2/c1-12(2)16(11-17)18(5)9-8-15-7-6-13(3)10-14(15)4/h6-7,10,12,16H,8-9,11,17H2,1-5H3. The molecule has 18 heavy (non-hydrogen) atoms. The summed E-state index contributed by atoms with van der Waals surface area (Å²) in [6.45, 7) is 10.6. The molecule has 0 spiro atoms. The summed E-state index contributed by atoms with van der Waals surface area (Å²) in [4.78, 5) is 2.39. The Morgan fingerprint density at radius 1 is 1.22 bits per heavy atom. The third-order valence-corrected chi connectivity index (χ3v) is 3.81. The molecule has 0 bridgehead atoms. The smallest absolute Gasteiger partial charge is 0.0238 e. The molecule has 1 aromatic rings. The second-order valence-corrected chi connectivity index (χ2v) is 5.71. The van der Waals surface area contributed by atoms with Crippen LogP contribution in [0.15, 0.2) is 18.2 Å². The lowest BCUT2D eigenvalue weighted by Gasteiger charge is -2.30. The van der Waals surface area contributed by atoms with Crippen molar-refractivity contribution >= 4 is 0 Å². The summed E-state index contributed by atoms with van der Waals surface area (Å²) < 4.78 is 0. The zero-order valence-electron chi connectivity index (χ0n) is 12.5. The van der Waals surface area contributed by atoms with Crippen molar-refractivity contribution in [3.8, 4) is 0 Å². The summed E-state index contributed by atoms with van der Waals surface area (Å²) in [5, 5.41) is 0. The molecule has 0 aliphatic rings. The first-order chi connectivity index (χ1) is 8.45. The molecule has 0 amide bonds. The zero-order chi connectivity index (χ0) is 13.7. The molecular formula is C16H28N2. The van der Waals surface area contributed by atoms with E-state index in [4.69, 9.17) is 5.73 Å². The van der Waals surface area contributed by atoms with Gasteiger partial charge in [-0.15, -0.1) is 0 Å². The molecule has 2 heteroatoms. The predicted octanol–water partition coefficient (Wildman–Crippen LogP) is 2.76. The second kappa shape index (κ2) is 6.91. The fraction of sp³-hybridized carbons (Fsp3) is 0.625. The van der Waals surface area contributed by atoms with E-state index in [2.05, 4.69) is 57.8 Å². The number of likely N-dealkylation sites (N-methyl/N-ethyl adjacent to an activating group) is 1. The largest absolute Gasteiger partial charge is 0.329 e. The van der Waals surface area contributed by atoms with Gasteiger partial charge in [0.05, 0.1) is 0 Å². The number of aryl methyl sites for hydroxylation is 2. The summed E-state index contributed by atoms with van der Waals surface area (Å²) in [6.07, 6.45) is 1.10. The predicted molar refractivity (Wildman–Crippen MR) is 79.9 cm³/mol. The van der Waals surface area contributed by atoms with E-state index in [1.807, 2.05) is 0 Å². The van der Waals surface area contributed by atoms with Gasteiger partial charge < -0.3 is 10.6 Å². The molecule has 102 valence electrons. The molecule has 0 heterocycles. The van der Waals surface area contributed by atoms with Gasteiger partial charge in [0.2, 0.25) is 0 Å². The summed E-state index contributed by atoms with van der Waals surface area (Å²) in [5.41, 5.74) is 10.0. The van der Waals surface area contributed by atoms with Gasteiger partial charge in [0, 0.05) is 19.1 Å².